The normalized spacial score (nSPS) is 25.9. The van der Waals surface area contributed by atoms with Crippen LogP contribution in [0.1, 0.15) is 26.2 Å². The van der Waals surface area contributed by atoms with Crippen molar-refractivity contribution in [2.45, 2.75) is 38.4 Å². The molecule has 0 saturated heterocycles. The molecule has 0 amide bonds. The molecule has 4 rings (SSSR count). The maximum atomic E-state index is 12.8. The first kappa shape index (κ1) is 16.2. The minimum atomic E-state index is -0.128. The number of fused-ring (bicyclic) bond motifs is 2. The van der Waals surface area contributed by atoms with Crippen molar-refractivity contribution >= 4 is 16.6 Å². The highest BCUT2D eigenvalue weighted by atomic mass is 16.5. The van der Waals surface area contributed by atoms with Gasteiger partial charge in [0, 0.05) is 13.0 Å². The first-order chi connectivity index (χ1) is 12.2. The molecule has 0 radical (unpaired) electrons. The minimum absolute atomic E-state index is 0.0411. The molecule has 1 heterocycles. The van der Waals surface area contributed by atoms with Crippen LogP contribution in [-0.2, 0) is 14.3 Å². The Bertz CT molecular complexity index is 810. The second kappa shape index (κ2) is 6.89. The Kier molecular flexibility index (Phi) is 4.45. The van der Waals surface area contributed by atoms with Gasteiger partial charge in [0.05, 0.1) is 12.0 Å². The summed E-state index contributed by atoms with van der Waals surface area (Å²) in [5, 5.41) is 2.23. The summed E-state index contributed by atoms with van der Waals surface area (Å²) in [5.41, 5.74) is 0. The van der Waals surface area contributed by atoms with Crippen LogP contribution in [0.4, 0.5) is 0 Å². The van der Waals surface area contributed by atoms with E-state index in [0.717, 1.165) is 30.0 Å². The first-order valence-electron chi connectivity index (χ1n) is 8.92. The number of allylic oxidation sites excluding steroid dienone is 1. The van der Waals surface area contributed by atoms with E-state index in [9.17, 15) is 4.79 Å². The van der Waals surface area contributed by atoms with Gasteiger partial charge in [-0.25, -0.2) is 0 Å². The molecule has 3 atom stereocenters. The number of ether oxygens (including phenoxy) is 3. The minimum Gasteiger partial charge on any atom is -0.493 e. The molecule has 0 bridgehead atoms. The van der Waals surface area contributed by atoms with E-state index < -0.39 is 0 Å². The average molecular weight is 338 g/mol. The standard InChI is InChI=1S/C21H22O4/c1-2-23-16-9-10-18-19(12-16)24-13-20(21(18)22)25-17-8-7-14-5-3-4-6-15(14)11-17/h3-8,11,13,16,18-19H,2,9-10,12H2,1H3. The predicted molar refractivity (Wildman–Crippen MR) is 95.3 cm³/mol. The molecule has 1 aliphatic carbocycles. The molecule has 2 aromatic carbocycles. The van der Waals surface area contributed by atoms with Crippen LogP contribution in [0.3, 0.4) is 0 Å². The van der Waals surface area contributed by atoms with Crippen molar-refractivity contribution in [1.29, 1.82) is 0 Å². The predicted octanol–water partition coefficient (Wildman–Crippen LogP) is 4.23. The fourth-order valence-corrected chi connectivity index (χ4v) is 3.75. The van der Waals surface area contributed by atoms with Crippen molar-refractivity contribution in [2.75, 3.05) is 6.61 Å². The van der Waals surface area contributed by atoms with Gasteiger partial charge < -0.3 is 14.2 Å². The van der Waals surface area contributed by atoms with Crippen LogP contribution in [0.25, 0.3) is 10.8 Å². The zero-order valence-corrected chi connectivity index (χ0v) is 14.3. The molecule has 2 aliphatic rings. The second-order valence-electron chi connectivity index (χ2n) is 6.63. The van der Waals surface area contributed by atoms with Gasteiger partial charge in [-0.2, -0.15) is 0 Å². The third kappa shape index (κ3) is 3.27. The van der Waals surface area contributed by atoms with Gasteiger partial charge in [0.15, 0.2) is 0 Å². The summed E-state index contributed by atoms with van der Waals surface area (Å²) in [7, 11) is 0. The number of Topliss-reactive ketones (excluding diaryl/α,β-unsaturated/α-hetero) is 1. The molecule has 0 aromatic heterocycles. The van der Waals surface area contributed by atoms with Crippen LogP contribution in [-0.4, -0.2) is 24.6 Å². The molecule has 0 N–H and O–H groups in total. The maximum Gasteiger partial charge on any atom is 0.207 e. The Morgan fingerprint density at radius 1 is 1.12 bits per heavy atom. The summed E-state index contributed by atoms with van der Waals surface area (Å²) >= 11 is 0. The van der Waals surface area contributed by atoms with Gasteiger partial charge in [-0.3, -0.25) is 4.79 Å². The van der Waals surface area contributed by atoms with Crippen LogP contribution in [0.5, 0.6) is 5.75 Å². The van der Waals surface area contributed by atoms with E-state index in [1.54, 1.807) is 0 Å². The molecule has 1 fully saturated rings. The number of ketones is 1. The molecule has 1 aliphatic heterocycles. The summed E-state index contributed by atoms with van der Waals surface area (Å²) in [5.74, 6) is 0.867. The first-order valence-corrected chi connectivity index (χ1v) is 8.92. The highest BCUT2D eigenvalue weighted by Crippen LogP contribution is 2.35. The van der Waals surface area contributed by atoms with E-state index in [1.165, 1.54) is 6.26 Å². The van der Waals surface area contributed by atoms with Crippen molar-refractivity contribution in [1.82, 2.24) is 0 Å². The van der Waals surface area contributed by atoms with Gasteiger partial charge in [0.25, 0.3) is 0 Å². The van der Waals surface area contributed by atoms with Crippen molar-refractivity contribution in [3.63, 3.8) is 0 Å². The Morgan fingerprint density at radius 2 is 1.96 bits per heavy atom. The molecule has 25 heavy (non-hydrogen) atoms. The van der Waals surface area contributed by atoms with Crippen molar-refractivity contribution in [3.8, 4) is 5.75 Å². The average Bonchev–Trinajstić information content (AvgIpc) is 2.64. The summed E-state index contributed by atoms with van der Waals surface area (Å²) < 4.78 is 17.4. The SMILES string of the molecule is CCOC1CCC2C(=O)C(Oc3ccc4ccccc4c3)=COC2C1. The number of hydrogen-bond donors (Lipinski definition) is 0. The molecular formula is C21H22O4. The number of carbonyl (C=O) groups is 1. The lowest BCUT2D eigenvalue weighted by molar-refractivity contribution is -0.133. The van der Waals surface area contributed by atoms with Crippen molar-refractivity contribution < 1.29 is 19.0 Å². The fraction of sp³-hybridized carbons (Fsp3) is 0.381. The third-order valence-corrected chi connectivity index (χ3v) is 5.02. The Hall–Kier alpha value is -2.33. The van der Waals surface area contributed by atoms with Crippen molar-refractivity contribution in [2.24, 2.45) is 5.92 Å². The van der Waals surface area contributed by atoms with Gasteiger partial charge in [0.1, 0.15) is 18.1 Å². The largest absolute Gasteiger partial charge is 0.493 e. The monoisotopic (exact) mass is 338 g/mol. The van der Waals surface area contributed by atoms with E-state index in [-0.39, 0.29) is 23.9 Å². The van der Waals surface area contributed by atoms with Gasteiger partial charge in [-0.15, -0.1) is 0 Å². The Balaban J connectivity index is 1.50. The topological polar surface area (TPSA) is 44.8 Å². The zero-order chi connectivity index (χ0) is 17.2. The zero-order valence-electron chi connectivity index (χ0n) is 14.3. The van der Waals surface area contributed by atoms with E-state index in [4.69, 9.17) is 14.2 Å². The number of carbonyl (C=O) groups excluding carboxylic acids is 1. The molecule has 0 spiro atoms. The molecular weight excluding hydrogens is 316 g/mol. The number of hydrogen-bond acceptors (Lipinski definition) is 4. The van der Waals surface area contributed by atoms with Crippen LogP contribution < -0.4 is 4.74 Å². The van der Waals surface area contributed by atoms with Crippen LogP contribution in [0, 0.1) is 5.92 Å². The second-order valence-corrected chi connectivity index (χ2v) is 6.63. The van der Waals surface area contributed by atoms with E-state index in [0.29, 0.717) is 18.1 Å². The summed E-state index contributed by atoms with van der Waals surface area (Å²) in [4.78, 5) is 12.8. The fourth-order valence-electron chi connectivity index (χ4n) is 3.75. The lowest BCUT2D eigenvalue weighted by Crippen LogP contribution is -2.42. The summed E-state index contributed by atoms with van der Waals surface area (Å²) in [6.45, 7) is 2.69. The van der Waals surface area contributed by atoms with Crippen molar-refractivity contribution in [3.05, 3.63) is 54.5 Å². The van der Waals surface area contributed by atoms with E-state index in [1.807, 2.05) is 43.3 Å². The van der Waals surface area contributed by atoms with Gasteiger partial charge in [-0.1, -0.05) is 30.3 Å². The van der Waals surface area contributed by atoms with Gasteiger partial charge in [0.2, 0.25) is 11.5 Å². The highest BCUT2D eigenvalue weighted by molar-refractivity contribution is 5.96. The van der Waals surface area contributed by atoms with Crippen LogP contribution in [0.2, 0.25) is 0 Å². The highest BCUT2D eigenvalue weighted by Gasteiger charge is 2.41. The molecule has 4 heteroatoms. The molecule has 1 saturated carbocycles. The van der Waals surface area contributed by atoms with Crippen LogP contribution in [0.15, 0.2) is 54.5 Å². The third-order valence-electron chi connectivity index (χ3n) is 5.02. The van der Waals surface area contributed by atoms with E-state index in [2.05, 4.69) is 6.07 Å². The van der Waals surface area contributed by atoms with Gasteiger partial charge in [-0.05, 0) is 42.7 Å². The lowest BCUT2D eigenvalue weighted by atomic mass is 9.80. The molecule has 2 aromatic rings. The maximum absolute atomic E-state index is 12.8. The lowest BCUT2D eigenvalue weighted by Gasteiger charge is -2.37. The molecule has 3 unspecified atom stereocenters. The summed E-state index contributed by atoms with van der Waals surface area (Å²) in [6.07, 6.45) is 4.02. The summed E-state index contributed by atoms with van der Waals surface area (Å²) in [6, 6.07) is 13.9. The molecule has 4 nitrogen and oxygen atoms in total. The molecule has 130 valence electrons. The Morgan fingerprint density at radius 3 is 2.80 bits per heavy atom. The quantitative estimate of drug-likeness (QED) is 0.837. The number of benzene rings is 2. The van der Waals surface area contributed by atoms with Crippen LogP contribution >= 0.6 is 0 Å². The van der Waals surface area contributed by atoms with E-state index >= 15 is 0 Å². The van der Waals surface area contributed by atoms with Gasteiger partial charge >= 0.3 is 0 Å². The Labute approximate surface area is 147 Å². The smallest absolute Gasteiger partial charge is 0.207 e. The number of rotatable bonds is 4.